The Labute approximate surface area is 180 Å². The molecule has 0 amide bonds. The zero-order valence-corrected chi connectivity index (χ0v) is 19.6. The van der Waals surface area contributed by atoms with Crippen molar-refractivity contribution in [1.29, 1.82) is 0 Å². The van der Waals surface area contributed by atoms with Gasteiger partial charge in [-0.25, -0.2) is 4.99 Å². The quantitative estimate of drug-likeness (QED) is 0.361. The van der Waals surface area contributed by atoms with Gasteiger partial charge < -0.3 is 15.5 Å². The average molecular weight is 484 g/mol. The van der Waals surface area contributed by atoms with E-state index in [1.165, 1.54) is 11.1 Å². The van der Waals surface area contributed by atoms with E-state index in [1.54, 1.807) is 0 Å². The average Bonchev–Trinajstić information content (AvgIpc) is 2.85. The molecule has 0 spiro atoms. The minimum absolute atomic E-state index is 0. The van der Waals surface area contributed by atoms with Crippen LogP contribution in [0, 0.1) is 13.8 Å². The second-order valence-corrected chi connectivity index (χ2v) is 6.74. The van der Waals surface area contributed by atoms with Gasteiger partial charge in [0.15, 0.2) is 5.96 Å². The lowest BCUT2D eigenvalue weighted by Crippen LogP contribution is -2.41. The Bertz CT molecular complexity index is 724. The summed E-state index contributed by atoms with van der Waals surface area (Å²) in [5, 5.41) is 11.3. The Morgan fingerprint density at radius 3 is 2.37 bits per heavy atom. The van der Waals surface area contributed by atoms with E-state index < -0.39 is 0 Å². The molecule has 1 aromatic heterocycles. The summed E-state index contributed by atoms with van der Waals surface area (Å²) >= 11 is 0. The molecule has 150 valence electrons. The molecule has 0 bridgehead atoms. The molecular formula is C20H33IN6. The van der Waals surface area contributed by atoms with Crippen molar-refractivity contribution in [2.45, 2.75) is 33.4 Å². The van der Waals surface area contributed by atoms with Crippen LogP contribution in [-0.4, -0.2) is 47.8 Å². The maximum atomic E-state index is 4.77. The van der Waals surface area contributed by atoms with Crippen molar-refractivity contribution in [3.8, 4) is 0 Å². The number of guanidine groups is 1. The van der Waals surface area contributed by atoms with E-state index in [2.05, 4.69) is 72.8 Å². The molecule has 0 saturated heterocycles. The van der Waals surface area contributed by atoms with Crippen molar-refractivity contribution in [3.05, 3.63) is 52.8 Å². The lowest BCUT2D eigenvalue weighted by molar-refractivity contribution is 0.298. The molecule has 0 aliphatic heterocycles. The SMILES string of the molecule is CCNC(=NCc1c(C)nn(C)c1C)NCC(c1ccccc1)N(C)C.I. The number of rotatable bonds is 7. The maximum Gasteiger partial charge on any atom is 0.191 e. The Hall–Kier alpha value is -1.61. The summed E-state index contributed by atoms with van der Waals surface area (Å²) in [5.41, 5.74) is 4.69. The lowest BCUT2D eigenvalue weighted by Gasteiger charge is -2.26. The number of halogens is 1. The topological polar surface area (TPSA) is 57.5 Å². The Kier molecular flexibility index (Phi) is 9.79. The van der Waals surface area contributed by atoms with Gasteiger partial charge in [0, 0.05) is 31.4 Å². The number of hydrogen-bond donors (Lipinski definition) is 2. The van der Waals surface area contributed by atoms with Gasteiger partial charge in [0.05, 0.1) is 18.3 Å². The molecule has 0 saturated carbocycles. The van der Waals surface area contributed by atoms with Gasteiger partial charge in [0.2, 0.25) is 0 Å². The molecule has 1 aromatic carbocycles. The first-order valence-corrected chi connectivity index (χ1v) is 9.16. The zero-order chi connectivity index (χ0) is 19.1. The fourth-order valence-electron chi connectivity index (χ4n) is 3.01. The van der Waals surface area contributed by atoms with Crippen LogP contribution in [0.15, 0.2) is 35.3 Å². The predicted octanol–water partition coefficient (Wildman–Crippen LogP) is 3.01. The molecule has 2 N–H and O–H groups in total. The van der Waals surface area contributed by atoms with Crippen LogP contribution in [0.4, 0.5) is 0 Å². The number of aliphatic imine (C=N–C) groups is 1. The summed E-state index contributed by atoms with van der Waals surface area (Å²) < 4.78 is 1.91. The molecular weight excluding hydrogens is 451 g/mol. The number of nitrogens with one attached hydrogen (secondary N) is 2. The summed E-state index contributed by atoms with van der Waals surface area (Å²) in [6.07, 6.45) is 0. The molecule has 0 radical (unpaired) electrons. The normalized spacial score (nSPS) is 12.6. The van der Waals surface area contributed by atoms with E-state index >= 15 is 0 Å². The van der Waals surface area contributed by atoms with Gasteiger partial charge in [-0.2, -0.15) is 5.10 Å². The number of benzene rings is 1. The third-order valence-electron chi connectivity index (χ3n) is 4.67. The molecule has 0 aliphatic carbocycles. The highest BCUT2D eigenvalue weighted by molar-refractivity contribution is 14.0. The van der Waals surface area contributed by atoms with Gasteiger partial charge in [-0.05, 0) is 40.4 Å². The fourth-order valence-corrected chi connectivity index (χ4v) is 3.01. The van der Waals surface area contributed by atoms with Crippen LogP contribution in [0.2, 0.25) is 0 Å². The smallest absolute Gasteiger partial charge is 0.191 e. The van der Waals surface area contributed by atoms with Gasteiger partial charge in [0.1, 0.15) is 0 Å². The second kappa shape index (κ2) is 11.3. The number of likely N-dealkylation sites (N-methyl/N-ethyl adjacent to an activating group) is 1. The highest BCUT2D eigenvalue weighted by atomic mass is 127. The highest BCUT2D eigenvalue weighted by Gasteiger charge is 2.14. The molecule has 1 atom stereocenters. The first-order valence-electron chi connectivity index (χ1n) is 9.16. The van der Waals surface area contributed by atoms with Gasteiger partial charge in [-0.1, -0.05) is 30.3 Å². The van der Waals surface area contributed by atoms with Crippen molar-refractivity contribution in [3.63, 3.8) is 0 Å². The van der Waals surface area contributed by atoms with Gasteiger partial charge in [0.25, 0.3) is 0 Å². The molecule has 1 unspecified atom stereocenters. The maximum absolute atomic E-state index is 4.77. The minimum atomic E-state index is 0. The van der Waals surface area contributed by atoms with Gasteiger partial charge in [-0.3, -0.25) is 4.68 Å². The number of aryl methyl sites for hydroxylation is 2. The third kappa shape index (κ3) is 6.49. The van der Waals surface area contributed by atoms with E-state index in [4.69, 9.17) is 4.99 Å². The van der Waals surface area contributed by atoms with Crippen LogP contribution in [0.5, 0.6) is 0 Å². The fraction of sp³-hybridized carbons (Fsp3) is 0.500. The molecule has 6 nitrogen and oxygen atoms in total. The molecule has 7 heteroatoms. The number of hydrogen-bond acceptors (Lipinski definition) is 3. The van der Waals surface area contributed by atoms with Crippen LogP contribution in [-0.2, 0) is 13.6 Å². The minimum Gasteiger partial charge on any atom is -0.357 e. The molecule has 2 rings (SSSR count). The van der Waals surface area contributed by atoms with Crippen molar-refractivity contribution in [2.75, 3.05) is 27.2 Å². The van der Waals surface area contributed by atoms with E-state index in [0.717, 1.165) is 30.4 Å². The monoisotopic (exact) mass is 484 g/mol. The molecule has 0 aliphatic rings. The van der Waals surface area contributed by atoms with Crippen molar-refractivity contribution < 1.29 is 0 Å². The summed E-state index contributed by atoms with van der Waals surface area (Å²) in [6.45, 7) is 8.44. The molecule has 0 fully saturated rings. The molecule has 1 heterocycles. The zero-order valence-electron chi connectivity index (χ0n) is 17.3. The summed E-state index contributed by atoms with van der Waals surface area (Å²) in [4.78, 5) is 6.99. The number of aromatic nitrogens is 2. The molecule has 27 heavy (non-hydrogen) atoms. The Morgan fingerprint density at radius 2 is 1.85 bits per heavy atom. The second-order valence-electron chi connectivity index (χ2n) is 6.74. The van der Waals surface area contributed by atoms with Crippen molar-refractivity contribution >= 4 is 29.9 Å². The van der Waals surface area contributed by atoms with E-state index in [9.17, 15) is 0 Å². The first kappa shape index (κ1) is 23.4. The Morgan fingerprint density at radius 1 is 1.19 bits per heavy atom. The van der Waals surface area contributed by atoms with Crippen LogP contribution in [0.25, 0.3) is 0 Å². The summed E-state index contributed by atoms with van der Waals surface area (Å²) in [7, 11) is 6.18. The predicted molar refractivity (Wildman–Crippen MR) is 124 cm³/mol. The van der Waals surface area contributed by atoms with E-state index in [1.807, 2.05) is 24.7 Å². The molecule has 2 aromatic rings. The van der Waals surface area contributed by atoms with Gasteiger partial charge >= 0.3 is 0 Å². The third-order valence-corrected chi connectivity index (χ3v) is 4.67. The van der Waals surface area contributed by atoms with Crippen LogP contribution >= 0.6 is 24.0 Å². The van der Waals surface area contributed by atoms with Crippen LogP contribution in [0.3, 0.4) is 0 Å². The number of nitrogens with zero attached hydrogens (tertiary/aromatic N) is 4. The van der Waals surface area contributed by atoms with Crippen molar-refractivity contribution in [1.82, 2.24) is 25.3 Å². The summed E-state index contributed by atoms with van der Waals surface area (Å²) in [6, 6.07) is 10.8. The van der Waals surface area contributed by atoms with Crippen LogP contribution in [0.1, 0.15) is 35.5 Å². The van der Waals surface area contributed by atoms with Crippen molar-refractivity contribution in [2.24, 2.45) is 12.0 Å². The largest absolute Gasteiger partial charge is 0.357 e. The first-order chi connectivity index (χ1) is 12.4. The highest BCUT2D eigenvalue weighted by Crippen LogP contribution is 2.17. The van der Waals surface area contributed by atoms with Crippen LogP contribution < -0.4 is 10.6 Å². The van der Waals surface area contributed by atoms with E-state index in [-0.39, 0.29) is 30.0 Å². The Balaban J connectivity index is 0.00000364. The lowest BCUT2D eigenvalue weighted by atomic mass is 10.1. The standard InChI is InChI=1S/C20H32N6.HI/c1-7-21-20(22-13-18-15(2)24-26(6)16(18)3)23-14-19(25(4)5)17-11-9-8-10-12-17;/h8-12,19H,7,13-14H2,1-6H3,(H2,21,22,23);1H. The van der Waals surface area contributed by atoms with E-state index in [0.29, 0.717) is 6.54 Å². The van der Waals surface area contributed by atoms with Gasteiger partial charge in [-0.15, -0.1) is 24.0 Å². The summed E-state index contributed by atoms with van der Waals surface area (Å²) in [5.74, 6) is 0.831.